The van der Waals surface area contributed by atoms with Gasteiger partial charge >= 0.3 is 6.09 Å². The fourth-order valence-corrected chi connectivity index (χ4v) is 5.82. The molecule has 0 bridgehead atoms. The quantitative estimate of drug-likeness (QED) is 0.355. The minimum absolute atomic E-state index is 0.0416. The lowest BCUT2D eigenvalue weighted by Crippen LogP contribution is -2.40. The summed E-state index contributed by atoms with van der Waals surface area (Å²) in [6.45, 7) is 8.87. The largest absolute Gasteiger partial charge is 0.444 e. The van der Waals surface area contributed by atoms with Crippen molar-refractivity contribution in [2.45, 2.75) is 58.4 Å². The van der Waals surface area contributed by atoms with Gasteiger partial charge in [-0.3, -0.25) is 0 Å². The van der Waals surface area contributed by atoms with Crippen LogP contribution in [0.15, 0.2) is 22.9 Å². The Morgan fingerprint density at radius 3 is 2.85 bits per heavy atom. The van der Waals surface area contributed by atoms with Crippen LogP contribution in [0.3, 0.4) is 0 Å². The van der Waals surface area contributed by atoms with E-state index >= 15 is 0 Å². The Hall–Kier alpha value is -2.47. The second kappa shape index (κ2) is 12.0. The third kappa shape index (κ3) is 6.82. The molecule has 0 aliphatic carbocycles. The SMILES string of the molecule is CC(C)(C)OC(=O)N1CCOCC(Cn2ncc(/C=C\c3c(Cl)cc4c(cnn4C4CCCCO4)c3Br)n2)C1. The fraction of sp³-hybridized carbons (Fsp3) is 0.556. The number of aromatic nitrogens is 5. The number of carbonyl (C=O) groups excluding carboxylic acids is 1. The summed E-state index contributed by atoms with van der Waals surface area (Å²) >= 11 is 10.4. The molecule has 2 unspecified atom stereocenters. The lowest BCUT2D eigenvalue weighted by atomic mass is 10.1. The van der Waals surface area contributed by atoms with Gasteiger partial charge in [-0.1, -0.05) is 17.7 Å². The standard InChI is InChI=1S/C27H34BrClN6O4/c1-27(2,3)39-26(36)33-9-11-37-17-18(15-33)16-34-30-13-19(32-34)7-8-20-22(29)12-23-21(25(20)28)14-31-35(23)24-6-4-5-10-38-24/h7-8,12-14,18,24H,4-6,9-11,15-17H2,1-3H3/b8-7-. The van der Waals surface area contributed by atoms with Gasteiger partial charge in [0.1, 0.15) is 11.3 Å². The van der Waals surface area contributed by atoms with E-state index in [0.29, 0.717) is 43.6 Å². The van der Waals surface area contributed by atoms with Gasteiger partial charge in [0, 0.05) is 41.0 Å². The number of ether oxygens (including phenoxy) is 3. The van der Waals surface area contributed by atoms with E-state index in [1.54, 1.807) is 15.9 Å². The van der Waals surface area contributed by atoms with Crippen molar-refractivity contribution in [2.24, 2.45) is 5.92 Å². The Kier molecular flexibility index (Phi) is 8.60. The maximum Gasteiger partial charge on any atom is 0.410 e. The number of hydrogen-bond acceptors (Lipinski definition) is 7. The van der Waals surface area contributed by atoms with Crippen molar-refractivity contribution < 1.29 is 19.0 Å². The minimum atomic E-state index is -0.544. The van der Waals surface area contributed by atoms with Crippen LogP contribution in [0.4, 0.5) is 4.79 Å². The highest BCUT2D eigenvalue weighted by Crippen LogP contribution is 2.36. The Bertz CT molecular complexity index is 1340. The van der Waals surface area contributed by atoms with E-state index in [1.807, 2.05) is 49.9 Å². The highest BCUT2D eigenvalue weighted by Gasteiger charge is 2.27. The van der Waals surface area contributed by atoms with Crippen molar-refractivity contribution in [3.8, 4) is 0 Å². The molecule has 210 valence electrons. The average Bonchev–Trinajstić information content (AvgIpc) is 3.44. The number of fused-ring (bicyclic) bond motifs is 1. The number of nitrogens with zero attached hydrogens (tertiary/aromatic N) is 6. The van der Waals surface area contributed by atoms with Crippen LogP contribution in [0.25, 0.3) is 23.1 Å². The molecule has 0 spiro atoms. The summed E-state index contributed by atoms with van der Waals surface area (Å²) in [6.07, 6.45) is 10.1. The smallest absolute Gasteiger partial charge is 0.410 e. The van der Waals surface area contributed by atoms with Crippen molar-refractivity contribution in [3.05, 3.63) is 39.2 Å². The summed E-state index contributed by atoms with van der Waals surface area (Å²) in [7, 11) is 0. The van der Waals surface area contributed by atoms with Gasteiger partial charge in [0.25, 0.3) is 0 Å². The van der Waals surface area contributed by atoms with Crippen LogP contribution in [0.5, 0.6) is 0 Å². The van der Waals surface area contributed by atoms with E-state index in [0.717, 1.165) is 46.8 Å². The van der Waals surface area contributed by atoms with Crippen molar-refractivity contribution in [2.75, 3.05) is 32.9 Å². The van der Waals surface area contributed by atoms with Crippen molar-refractivity contribution in [1.29, 1.82) is 0 Å². The predicted octanol–water partition coefficient (Wildman–Crippen LogP) is 5.80. The molecule has 4 heterocycles. The molecule has 2 aliphatic rings. The number of halogens is 2. The summed E-state index contributed by atoms with van der Waals surface area (Å²) in [5.74, 6) is 0.0416. The number of carbonyl (C=O) groups is 1. The first-order chi connectivity index (χ1) is 18.7. The molecular weight excluding hydrogens is 588 g/mol. The van der Waals surface area contributed by atoms with Gasteiger partial charge in [0.15, 0.2) is 6.23 Å². The van der Waals surface area contributed by atoms with E-state index in [9.17, 15) is 4.79 Å². The molecule has 2 aromatic heterocycles. The zero-order valence-corrected chi connectivity index (χ0v) is 24.8. The molecule has 5 rings (SSSR count). The highest BCUT2D eigenvalue weighted by molar-refractivity contribution is 9.10. The second-order valence-electron chi connectivity index (χ2n) is 11.0. The summed E-state index contributed by atoms with van der Waals surface area (Å²) < 4.78 is 20.0. The number of rotatable bonds is 5. The molecular formula is C27H34BrClN6O4. The maximum absolute atomic E-state index is 12.6. The molecule has 39 heavy (non-hydrogen) atoms. The molecule has 3 aromatic rings. The minimum Gasteiger partial charge on any atom is -0.444 e. The molecule has 0 N–H and O–H groups in total. The van der Waals surface area contributed by atoms with Crippen LogP contribution in [0.2, 0.25) is 5.02 Å². The summed E-state index contributed by atoms with van der Waals surface area (Å²) in [5.41, 5.74) is 1.93. The van der Waals surface area contributed by atoms with E-state index < -0.39 is 5.60 Å². The molecule has 12 heteroatoms. The van der Waals surface area contributed by atoms with Gasteiger partial charge in [-0.05, 0) is 68.1 Å². The van der Waals surface area contributed by atoms with Crippen LogP contribution in [-0.2, 0) is 20.8 Å². The van der Waals surface area contributed by atoms with Crippen LogP contribution < -0.4 is 0 Å². The molecule has 1 aromatic carbocycles. The van der Waals surface area contributed by atoms with Gasteiger partial charge in [-0.2, -0.15) is 20.1 Å². The van der Waals surface area contributed by atoms with Crippen molar-refractivity contribution in [1.82, 2.24) is 29.7 Å². The fourth-order valence-electron chi connectivity index (χ4n) is 4.79. The van der Waals surface area contributed by atoms with Crippen molar-refractivity contribution in [3.63, 3.8) is 0 Å². The Labute approximate surface area is 241 Å². The lowest BCUT2D eigenvalue weighted by molar-refractivity contribution is -0.0366. The van der Waals surface area contributed by atoms with E-state index in [-0.39, 0.29) is 18.2 Å². The van der Waals surface area contributed by atoms with Gasteiger partial charge < -0.3 is 19.1 Å². The normalized spacial score (nSPS) is 21.0. The van der Waals surface area contributed by atoms with Gasteiger partial charge in [-0.15, -0.1) is 0 Å². The summed E-state index contributed by atoms with van der Waals surface area (Å²) in [5, 5.41) is 15.2. The number of amides is 1. The summed E-state index contributed by atoms with van der Waals surface area (Å²) in [4.78, 5) is 15.9. The average molecular weight is 622 g/mol. The highest BCUT2D eigenvalue weighted by atomic mass is 79.9. The van der Waals surface area contributed by atoms with E-state index in [2.05, 4.69) is 31.2 Å². The first-order valence-electron chi connectivity index (χ1n) is 13.3. The zero-order valence-electron chi connectivity index (χ0n) is 22.5. The lowest BCUT2D eigenvalue weighted by Gasteiger charge is -2.27. The van der Waals surface area contributed by atoms with Crippen LogP contribution in [-0.4, -0.2) is 74.3 Å². The maximum atomic E-state index is 12.6. The van der Waals surface area contributed by atoms with Gasteiger partial charge in [0.05, 0.1) is 42.7 Å². The number of hydrogen-bond donors (Lipinski definition) is 0. The molecule has 0 radical (unpaired) electrons. The number of benzene rings is 1. The Balaban J connectivity index is 1.27. The van der Waals surface area contributed by atoms with Crippen LogP contribution >= 0.6 is 27.5 Å². The molecule has 0 saturated carbocycles. The molecule has 2 saturated heterocycles. The Morgan fingerprint density at radius 2 is 2.08 bits per heavy atom. The first-order valence-corrected chi connectivity index (χ1v) is 14.5. The third-order valence-corrected chi connectivity index (χ3v) is 7.81. The van der Waals surface area contributed by atoms with Gasteiger partial charge in [0.2, 0.25) is 0 Å². The summed E-state index contributed by atoms with van der Waals surface area (Å²) in [6, 6.07) is 1.94. The van der Waals surface area contributed by atoms with Crippen LogP contribution in [0, 0.1) is 5.92 Å². The topological polar surface area (TPSA) is 96.5 Å². The molecule has 2 aliphatic heterocycles. The zero-order chi connectivity index (χ0) is 27.6. The Morgan fingerprint density at radius 1 is 1.23 bits per heavy atom. The molecule has 1 amide bonds. The third-order valence-electron chi connectivity index (χ3n) is 6.64. The molecule has 10 nitrogen and oxygen atoms in total. The van der Waals surface area contributed by atoms with E-state index in [4.69, 9.17) is 25.8 Å². The second-order valence-corrected chi connectivity index (χ2v) is 12.2. The predicted molar refractivity (Wildman–Crippen MR) is 152 cm³/mol. The monoisotopic (exact) mass is 620 g/mol. The van der Waals surface area contributed by atoms with Crippen LogP contribution in [0.1, 0.15) is 57.5 Å². The van der Waals surface area contributed by atoms with Crippen molar-refractivity contribution >= 4 is 56.7 Å². The first kappa shape index (κ1) is 28.1. The van der Waals surface area contributed by atoms with Gasteiger partial charge in [-0.25, -0.2) is 9.48 Å². The van der Waals surface area contributed by atoms with E-state index in [1.165, 1.54) is 0 Å². The molecule has 2 fully saturated rings. The molecule has 2 atom stereocenters.